The van der Waals surface area contributed by atoms with Gasteiger partial charge in [0.2, 0.25) is 0 Å². The molecule has 1 unspecified atom stereocenters. The second-order valence-electron chi connectivity index (χ2n) is 4.13. The maximum Gasteiger partial charge on any atom is 0.257 e. The molecule has 0 spiro atoms. The van der Waals surface area contributed by atoms with Gasteiger partial charge in [0.05, 0.1) is 5.56 Å². The molecular formula is C12H18BrN3OS. The van der Waals surface area contributed by atoms with E-state index < -0.39 is 0 Å². The Bertz CT molecular complexity index is 428. The third-order valence-corrected chi connectivity index (χ3v) is 3.91. The zero-order valence-electron chi connectivity index (χ0n) is 10.8. The minimum atomic E-state index is -0.0881. The van der Waals surface area contributed by atoms with Gasteiger partial charge in [-0.1, -0.05) is 0 Å². The maximum absolute atomic E-state index is 12.3. The summed E-state index contributed by atoms with van der Waals surface area (Å²) in [5.41, 5.74) is 6.19. The summed E-state index contributed by atoms with van der Waals surface area (Å²) in [5, 5.41) is 0. The molecule has 1 amide bonds. The average molecular weight is 332 g/mol. The van der Waals surface area contributed by atoms with Crippen molar-refractivity contribution in [3.8, 4) is 0 Å². The topological polar surface area (TPSA) is 59.2 Å². The van der Waals surface area contributed by atoms with Gasteiger partial charge in [0.15, 0.2) is 0 Å². The van der Waals surface area contributed by atoms with E-state index in [-0.39, 0.29) is 17.8 Å². The summed E-state index contributed by atoms with van der Waals surface area (Å²) in [7, 11) is 1.80. The van der Waals surface area contributed by atoms with Gasteiger partial charge in [-0.3, -0.25) is 4.79 Å². The molecule has 1 rings (SSSR count). The van der Waals surface area contributed by atoms with Crippen LogP contribution in [0.1, 0.15) is 23.7 Å². The predicted octanol–water partition coefficient (Wildman–Crippen LogP) is 2.64. The van der Waals surface area contributed by atoms with Crippen LogP contribution in [0.25, 0.3) is 0 Å². The van der Waals surface area contributed by atoms with Crippen molar-refractivity contribution in [1.82, 2.24) is 9.88 Å². The molecule has 1 aromatic heterocycles. The lowest BCUT2D eigenvalue weighted by molar-refractivity contribution is 0.0742. The van der Waals surface area contributed by atoms with Gasteiger partial charge in [0.25, 0.3) is 5.91 Å². The van der Waals surface area contributed by atoms with E-state index in [0.29, 0.717) is 5.56 Å². The van der Waals surface area contributed by atoms with E-state index in [1.54, 1.807) is 36.0 Å². The molecule has 0 saturated carbocycles. The summed E-state index contributed by atoms with van der Waals surface area (Å²) in [6.07, 6.45) is 4.61. The van der Waals surface area contributed by atoms with Crippen molar-refractivity contribution in [2.24, 2.45) is 0 Å². The van der Waals surface area contributed by atoms with E-state index in [1.807, 2.05) is 6.92 Å². The first kappa shape index (κ1) is 15.3. The number of thioether (sulfide) groups is 1. The molecular weight excluding hydrogens is 314 g/mol. The van der Waals surface area contributed by atoms with Gasteiger partial charge in [-0.2, -0.15) is 11.8 Å². The molecule has 4 nitrogen and oxygen atoms in total. The highest BCUT2D eigenvalue weighted by Crippen LogP contribution is 2.18. The molecule has 0 aliphatic rings. The van der Waals surface area contributed by atoms with Crippen molar-refractivity contribution in [2.75, 3.05) is 24.8 Å². The fraction of sp³-hybridized carbons (Fsp3) is 0.500. The minimum Gasteiger partial charge on any atom is -0.383 e. The SMILES string of the molecule is CSCCC(C)N(C)C(=O)c1cc(Br)cnc1N. The Kier molecular flexibility index (Phi) is 5.95. The fourth-order valence-electron chi connectivity index (χ4n) is 1.49. The summed E-state index contributed by atoms with van der Waals surface area (Å²) in [5.74, 6) is 1.22. The van der Waals surface area contributed by atoms with Gasteiger partial charge in [-0.15, -0.1) is 0 Å². The number of hydrogen-bond acceptors (Lipinski definition) is 4. The molecule has 0 aromatic carbocycles. The highest BCUT2D eigenvalue weighted by molar-refractivity contribution is 9.10. The van der Waals surface area contributed by atoms with Crippen LogP contribution in [-0.4, -0.2) is 40.9 Å². The third-order valence-electron chi connectivity index (χ3n) is 2.84. The number of hydrogen-bond donors (Lipinski definition) is 1. The van der Waals surface area contributed by atoms with Crippen LogP contribution >= 0.6 is 27.7 Å². The van der Waals surface area contributed by atoms with Crippen LogP contribution in [-0.2, 0) is 0 Å². The molecule has 0 saturated heterocycles. The second-order valence-corrected chi connectivity index (χ2v) is 6.03. The van der Waals surface area contributed by atoms with Gasteiger partial charge in [-0.05, 0) is 47.3 Å². The third kappa shape index (κ3) is 3.88. The summed E-state index contributed by atoms with van der Waals surface area (Å²) in [6.45, 7) is 2.04. The van der Waals surface area contributed by atoms with E-state index in [4.69, 9.17) is 5.73 Å². The molecule has 0 aliphatic heterocycles. The van der Waals surface area contributed by atoms with Crippen molar-refractivity contribution >= 4 is 39.4 Å². The molecule has 2 N–H and O–H groups in total. The summed E-state index contributed by atoms with van der Waals surface area (Å²) in [4.78, 5) is 18.0. The Labute approximate surface area is 120 Å². The van der Waals surface area contributed by atoms with Crippen molar-refractivity contribution in [1.29, 1.82) is 0 Å². The minimum absolute atomic E-state index is 0.0881. The maximum atomic E-state index is 12.3. The molecule has 1 heterocycles. The fourth-order valence-corrected chi connectivity index (χ4v) is 2.40. The normalized spacial score (nSPS) is 12.2. The molecule has 0 radical (unpaired) electrons. The average Bonchev–Trinajstić information content (AvgIpc) is 2.37. The molecule has 6 heteroatoms. The largest absolute Gasteiger partial charge is 0.383 e. The van der Waals surface area contributed by atoms with Crippen LogP contribution in [0.4, 0.5) is 5.82 Å². The lowest BCUT2D eigenvalue weighted by Crippen LogP contribution is -2.36. The number of carbonyl (C=O) groups is 1. The van der Waals surface area contributed by atoms with E-state index in [1.165, 1.54) is 0 Å². The summed E-state index contributed by atoms with van der Waals surface area (Å²) in [6, 6.07) is 1.89. The van der Waals surface area contributed by atoms with Gasteiger partial charge in [0, 0.05) is 23.8 Å². The Morgan fingerprint density at radius 1 is 1.67 bits per heavy atom. The number of nitrogens with zero attached hydrogens (tertiary/aromatic N) is 2. The van der Waals surface area contributed by atoms with Crippen LogP contribution in [0.5, 0.6) is 0 Å². The van der Waals surface area contributed by atoms with Crippen LogP contribution in [0.2, 0.25) is 0 Å². The van der Waals surface area contributed by atoms with Gasteiger partial charge >= 0.3 is 0 Å². The van der Waals surface area contributed by atoms with Gasteiger partial charge in [-0.25, -0.2) is 4.98 Å². The first-order chi connectivity index (χ1) is 8.47. The van der Waals surface area contributed by atoms with Crippen molar-refractivity contribution < 1.29 is 4.79 Å². The zero-order chi connectivity index (χ0) is 13.7. The van der Waals surface area contributed by atoms with E-state index >= 15 is 0 Å². The Morgan fingerprint density at radius 2 is 2.33 bits per heavy atom. The Morgan fingerprint density at radius 3 is 2.94 bits per heavy atom. The highest BCUT2D eigenvalue weighted by Gasteiger charge is 2.20. The van der Waals surface area contributed by atoms with Gasteiger partial charge in [0.1, 0.15) is 5.82 Å². The van der Waals surface area contributed by atoms with E-state index in [9.17, 15) is 4.79 Å². The van der Waals surface area contributed by atoms with Crippen molar-refractivity contribution in [2.45, 2.75) is 19.4 Å². The molecule has 0 fully saturated rings. The summed E-state index contributed by atoms with van der Waals surface area (Å²) >= 11 is 5.08. The Hall–Kier alpha value is -0.750. The van der Waals surface area contributed by atoms with Crippen molar-refractivity contribution in [3.05, 3.63) is 22.3 Å². The van der Waals surface area contributed by atoms with Crippen molar-refractivity contribution in [3.63, 3.8) is 0 Å². The van der Waals surface area contributed by atoms with Crippen LogP contribution in [0.3, 0.4) is 0 Å². The smallest absolute Gasteiger partial charge is 0.257 e. The zero-order valence-corrected chi connectivity index (χ0v) is 13.2. The van der Waals surface area contributed by atoms with Gasteiger partial charge < -0.3 is 10.6 Å². The van der Waals surface area contributed by atoms with E-state index in [0.717, 1.165) is 16.6 Å². The Balaban J connectivity index is 2.82. The highest BCUT2D eigenvalue weighted by atomic mass is 79.9. The number of aromatic nitrogens is 1. The summed E-state index contributed by atoms with van der Waals surface area (Å²) < 4.78 is 0.755. The number of pyridine rings is 1. The lowest BCUT2D eigenvalue weighted by Gasteiger charge is -2.25. The number of amides is 1. The molecule has 0 bridgehead atoms. The number of anilines is 1. The number of rotatable bonds is 5. The number of carbonyl (C=O) groups excluding carboxylic acids is 1. The predicted molar refractivity (Wildman–Crippen MR) is 80.9 cm³/mol. The van der Waals surface area contributed by atoms with Crippen LogP contribution in [0, 0.1) is 0 Å². The standard InChI is InChI=1S/C12H18BrN3OS/c1-8(4-5-18-3)16(2)12(17)10-6-9(13)7-15-11(10)14/h6-8H,4-5H2,1-3H3,(H2,14,15). The van der Waals surface area contributed by atoms with Crippen LogP contribution in [0.15, 0.2) is 16.7 Å². The first-order valence-electron chi connectivity index (χ1n) is 5.64. The molecule has 18 heavy (non-hydrogen) atoms. The molecule has 1 aromatic rings. The second kappa shape index (κ2) is 6.99. The first-order valence-corrected chi connectivity index (χ1v) is 7.83. The molecule has 1 atom stereocenters. The van der Waals surface area contributed by atoms with E-state index in [2.05, 4.69) is 27.2 Å². The molecule has 100 valence electrons. The monoisotopic (exact) mass is 331 g/mol. The quantitative estimate of drug-likeness (QED) is 0.901. The number of nitrogens with two attached hydrogens (primary N) is 1. The number of halogens is 1. The molecule has 0 aliphatic carbocycles. The van der Waals surface area contributed by atoms with Crippen LogP contribution < -0.4 is 5.73 Å². The number of nitrogen functional groups attached to an aromatic ring is 1. The lowest BCUT2D eigenvalue weighted by atomic mass is 10.1.